The maximum atomic E-state index is 13.2. The van der Waals surface area contributed by atoms with Gasteiger partial charge in [0.25, 0.3) is 0 Å². The fourth-order valence-corrected chi connectivity index (χ4v) is 7.61. The number of unbranched alkanes of at least 4 members (excludes halogenated alkanes) is 6. The van der Waals surface area contributed by atoms with Gasteiger partial charge >= 0.3 is 6.09 Å². The molecule has 3 saturated heterocycles. The maximum Gasteiger partial charge on any atom is 0.408 e. The van der Waals surface area contributed by atoms with Gasteiger partial charge in [-0.2, -0.15) is 0 Å². The third kappa shape index (κ3) is 9.93. The summed E-state index contributed by atoms with van der Waals surface area (Å²) in [7, 11) is 0. The van der Waals surface area contributed by atoms with Crippen LogP contribution in [0.25, 0.3) is 10.9 Å². The number of fused-ring (bicyclic) bond motifs is 4. The van der Waals surface area contributed by atoms with E-state index in [-0.39, 0.29) is 29.5 Å². The molecule has 4 aromatic rings. The van der Waals surface area contributed by atoms with E-state index in [2.05, 4.69) is 45.6 Å². The van der Waals surface area contributed by atoms with Gasteiger partial charge in [0.2, 0.25) is 5.56 Å². The van der Waals surface area contributed by atoms with Crippen LogP contribution in [0.3, 0.4) is 0 Å². The topological polar surface area (TPSA) is 136 Å². The van der Waals surface area contributed by atoms with E-state index in [0.717, 1.165) is 100.0 Å². The minimum Gasteiger partial charge on any atom is -0.506 e. The molecule has 3 aliphatic heterocycles. The maximum absolute atomic E-state index is 13.2. The van der Waals surface area contributed by atoms with Crippen LogP contribution in [0.5, 0.6) is 11.5 Å². The number of ether oxygens (including phenoxy) is 2. The van der Waals surface area contributed by atoms with E-state index in [1.165, 1.54) is 18.6 Å². The van der Waals surface area contributed by atoms with E-state index in [0.29, 0.717) is 35.5 Å². The predicted molar refractivity (Wildman–Crippen MR) is 204 cm³/mol. The number of aliphatic hydroxyl groups excluding tert-OH is 1. The molecular formula is C42H54N4O6. The van der Waals surface area contributed by atoms with Crippen LogP contribution in [0.4, 0.5) is 4.79 Å². The molecule has 3 atom stereocenters. The summed E-state index contributed by atoms with van der Waals surface area (Å²) in [6.07, 6.45) is 8.78. The lowest BCUT2D eigenvalue weighted by molar-refractivity contribution is -0.0336. The van der Waals surface area contributed by atoms with E-state index >= 15 is 0 Å². The van der Waals surface area contributed by atoms with Gasteiger partial charge in [-0.15, -0.1) is 0 Å². The van der Waals surface area contributed by atoms with E-state index < -0.39 is 6.10 Å². The molecule has 5 N–H and O–H groups in total. The van der Waals surface area contributed by atoms with Crippen LogP contribution < -0.4 is 20.9 Å². The number of aromatic amines is 1. The number of carbonyl (C=O) groups excluding carboxylic acids is 1. The lowest BCUT2D eigenvalue weighted by Crippen LogP contribution is -2.52. The SMILES string of the molecule is Cc1ccc(C(NC(=O)O[C@H]2CN3CCC2CC3)c2ccccc2)cc1OCCCCCCCCCNC[C@H](O)c1ccc(O)c2[nH]c(=O)ccc12. The fourth-order valence-electron chi connectivity index (χ4n) is 7.61. The lowest BCUT2D eigenvalue weighted by atomic mass is 9.86. The Morgan fingerprint density at radius 1 is 0.923 bits per heavy atom. The molecule has 7 rings (SSSR count). The molecule has 3 aliphatic rings. The number of amides is 1. The second kappa shape index (κ2) is 18.4. The number of alkyl carbamates (subject to hydrolysis) is 1. The Hall–Kier alpha value is -4.38. The zero-order valence-electron chi connectivity index (χ0n) is 30.3. The van der Waals surface area contributed by atoms with Gasteiger partial charge in [-0.25, -0.2) is 4.79 Å². The molecule has 3 aromatic carbocycles. The van der Waals surface area contributed by atoms with Gasteiger partial charge < -0.3 is 35.3 Å². The van der Waals surface area contributed by atoms with Crippen LogP contribution in [0, 0.1) is 12.8 Å². The number of piperidine rings is 3. The Kier molecular flexibility index (Phi) is 13.2. The number of aromatic hydroxyl groups is 1. The minimum absolute atomic E-state index is 0.00880. The molecule has 1 aromatic heterocycles. The van der Waals surface area contributed by atoms with Crippen molar-refractivity contribution in [2.75, 3.05) is 39.3 Å². The first-order valence-electron chi connectivity index (χ1n) is 19.1. The highest BCUT2D eigenvalue weighted by Gasteiger charge is 2.37. The summed E-state index contributed by atoms with van der Waals surface area (Å²) in [6, 6.07) is 22.1. The average Bonchev–Trinajstić information content (AvgIpc) is 3.16. The third-order valence-corrected chi connectivity index (χ3v) is 10.7. The second-order valence-corrected chi connectivity index (χ2v) is 14.4. The van der Waals surface area contributed by atoms with Crippen molar-refractivity contribution in [3.8, 4) is 11.5 Å². The van der Waals surface area contributed by atoms with Crippen molar-refractivity contribution in [1.82, 2.24) is 20.5 Å². The Morgan fingerprint density at radius 3 is 2.42 bits per heavy atom. The smallest absolute Gasteiger partial charge is 0.408 e. The number of hydrogen-bond donors (Lipinski definition) is 5. The number of phenols is 1. The standard InChI is InChI=1S/C42H54N4O6/c1-29-14-15-32(40(31-12-8-7-9-13-31)45-42(50)52-38-28-46-23-20-30(38)21-24-46)26-37(29)51-25-11-6-4-2-3-5-10-22-43-27-36(48)33-16-18-35(47)41-34(33)17-19-39(49)44-41/h7-9,12-19,26,30,36,38,40,43,47-48H,2-6,10-11,20-25,27-28H2,1H3,(H,44,49)(H,45,50)/t36-,38-,40?/m0/s1. The number of carbonyl (C=O) groups is 1. The molecule has 4 heterocycles. The van der Waals surface area contributed by atoms with Crippen LogP contribution in [-0.4, -0.2) is 71.6 Å². The van der Waals surface area contributed by atoms with Gasteiger partial charge in [0.05, 0.1) is 24.3 Å². The monoisotopic (exact) mass is 710 g/mol. The molecule has 0 aliphatic carbocycles. The molecule has 10 heteroatoms. The number of phenolic OH excluding ortho intramolecular Hbond substituents is 1. The predicted octanol–water partition coefficient (Wildman–Crippen LogP) is 6.88. The van der Waals surface area contributed by atoms with Crippen molar-refractivity contribution >= 4 is 17.0 Å². The minimum atomic E-state index is -0.743. The van der Waals surface area contributed by atoms with Crippen LogP contribution in [0.1, 0.15) is 92.2 Å². The van der Waals surface area contributed by atoms with Gasteiger partial charge in [-0.05, 0) is 98.6 Å². The van der Waals surface area contributed by atoms with Crippen molar-refractivity contribution in [2.24, 2.45) is 5.92 Å². The first-order chi connectivity index (χ1) is 25.4. The molecule has 2 bridgehead atoms. The van der Waals surface area contributed by atoms with Crippen LogP contribution >= 0.6 is 0 Å². The quantitative estimate of drug-likeness (QED) is 0.0706. The molecule has 0 saturated carbocycles. The summed E-state index contributed by atoms with van der Waals surface area (Å²) in [6.45, 7) is 6.96. The Labute approximate surface area is 306 Å². The second-order valence-electron chi connectivity index (χ2n) is 14.4. The summed E-state index contributed by atoms with van der Waals surface area (Å²) >= 11 is 0. The molecular weight excluding hydrogens is 656 g/mol. The van der Waals surface area contributed by atoms with Gasteiger partial charge in [-0.3, -0.25) is 9.69 Å². The zero-order chi connectivity index (χ0) is 36.3. The van der Waals surface area contributed by atoms with Gasteiger partial charge in [-0.1, -0.05) is 80.6 Å². The zero-order valence-corrected chi connectivity index (χ0v) is 30.3. The number of aliphatic hydroxyl groups is 1. The number of H-pyrrole nitrogens is 1. The Balaban J connectivity index is 0.879. The number of benzene rings is 3. The number of nitrogens with zero attached hydrogens (tertiary/aromatic N) is 1. The summed E-state index contributed by atoms with van der Waals surface area (Å²) in [5.74, 6) is 1.29. The average molecular weight is 711 g/mol. The van der Waals surface area contributed by atoms with Crippen LogP contribution in [0.15, 0.2) is 77.6 Å². The fraction of sp³-hybridized carbons (Fsp3) is 0.476. The van der Waals surface area contributed by atoms with Crippen molar-refractivity contribution in [1.29, 1.82) is 0 Å². The number of aryl methyl sites for hydroxylation is 1. The van der Waals surface area contributed by atoms with Crippen LogP contribution in [0.2, 0.25) is 0 Å². The molecule has 52 heavy (non-hydrogen) atoms. The molecule has 278 valence electrons. The van der Waals surface area contributed by atoms with Crippen molar-refractivity contribution in [2.45, 2.75) is 83.0 Å². The lowest BCUT2D eigenvalue weighted by Gasteiger charge is -2.43. The van der Waals surface area contributed by atoms with Crippen molar-refractivity contribution in [3.05, 3.63) is 105 Å². The summed E-state index contributed by atoms with van der Waals surface area (Å²) in [4.78, 5) is 29.9. The largest absolute Gasteiger partial charge is 0.506 e. The van der Waals surface area contributed by atoms with Crippen molar-refractivity contribution < 1.29 is 24.5 Å². The van der Waals surface area contributed by atoms with Crippen LogP contribution in [-0.2, 0) is 4.74 Å². The van der Waals surface area contributed by atoms with Gasteiger partial charge in [0.1, 0.15) is 17.6 Å². The van der Waals surface area contributed by atoms with Gasteiger partial charge in [0, 0.05) is 24.5 Å². The molecule has 1 amide bonds. The van der Waals surface area contributed by atoms with E-state index in [1.807, 2.05) is 30.3 Å². The summed E-state index contributed by atoms with van der Waals surface area (Å²) in [5, 5.41) is 27.9. The van der Waals surface area contributed by atoms with E-state index in [1.54, 1.807) is 12.1 Å². The highest BCUT2D eigenvalue weighted by molar-refractivity contribution is 5.87. The Morgan fingerprint density at radius 2 is 1.67 bits per heavy atom. The van der Waals surface area contributed by atoms with E-state index in [9.17, 15) is 19.8 Å². The number of aromatic nitrogens is 1. The molecule has 0 spiro atoms. The normalized spacial score (nSPS) is 19.3. The summed E-state index contributed by atoms with van der Waals surface area (Å²) < 4.78 is 12.3. The number of hydrogen-bond acceptors (Lipinski definition) is 8. The van der Waals surface area contributed by atoms with E-state index in [4.69, 9.17) is 9.47 Å². The van der Waals surface area contributed by atoms with Gasteiger partial charge in [0.15, 0.2) is 0 Å². The number of rotatable bonds is 18. The molecule has 0 radical (unpaired) electrons. The molecule has 1 unspecified atom stereocenters. The Bertz CT molecular complexity index is 1810. The number of nitrogens with one attached hydrogen (secondary N) is 3. The number of pyridine rings is 1. The highest BCUT2D eigenvalue weighted by atomic mass is 16.6. The summed E-state index contributed by atoms with van der Waals surface area (Å²) in [5.41, 5.74) is 3.76. The molecule has 10 nitrogen and oxygen atoms in total. The molecule has 3 fully saturated rings. The first-order valence-corrected chi connectivity index (χ1v) is 19.1. The third-order valence-electron chi connectivity index (χ3n) is 10.7. The highest BCUT2D eigenvalue weighted by Crippen LogP contribution is 2.32. The first kappa shape index (κ1) is 37.4. The van der Waals surface area contributed by atoms with Crippen molar-refractivity contribution in [3.63, 3.8) is 0 Å².